The zero-order valence-electron chi connectivity index (χ0n) is 8.79. The van der Waals surface area contributed by atoms with Crippen LogP contribution in [0.3, 0.4) is 0 Å². The smallest absolute Gasteiger partial charge is 0.220 e. The second-order valence-corrected chi connectivity index (χ2v) is 5.04. The first-order valence-corrected chi connectivity index (χ1v) is 5.84. The third-order valence-electron chi connectivity index (χ3n) is 2.52. The van der Waals surface area contributed by atoms with Gasteiger partial charge in [-0.1, -0.05) is 36.4 Å². The summed E-state index contributed by atoms with van der Waals surface area (Å²) in [5, 5.41) is 0. The van der Waals surface area contributed by atoms with Crippen LogP contribution in [0.25, 0.3) is 0 Å². The van der Waals surface area contributed by atoms with E-state index < -0.39 is 10.4 Å². The largest absolute Gasteiger partial charge is 0.289 e. The fourth-order valence-corrected chi connectivity index (χ4v) is 2.04. The Bertz CT molecular complexity index is 503. The molecule has 0 bridgehead atoms. The number of rotatable bonds is 2. The number of ketones is 1. The van der Waals surface area contributed by atoms with E-state index in [1.807, 2.05) is 0 Å². The fourth-order valence-electron chi connectivity index (χ4n) is 1.61. The van der Waals surface area contributed by atoms with Crippen molar-refractivity contribution in [2.45, 2.75) is 11.0 Å². The molecule has 0 saturated heterocycles. The number of alkyl halides is 2. The molecule has 0 aromatic heterocycles. The van der Waals surface area contributed by atoms with E-state index in [9.17, 15) is 13.6 Å². The minimum Gasteiger partial charge on any atom is -0.289 e. The van der Waals surface area contributed by atoms with Crippen LogP contribution in [0.4, 0.5) is 8.78 Å². The minimum absolute atomic E-state index is 0.247. The van der Waals surface area contributed by atoms with Gasteiger partial charge in [-0.25, -0.2) is 8.78 Å². The molecule has 0 fully saturated rings. The molecule has 2 rings (SSSR count). The van der Waals surface area contributed by atoms with Gasteiger partial charge in [0.1, 0.15) is 5.83 Å². The normalized spacial score (nSPS) is 23.9. The molecule has 1 aliphatic carbocycles. The van der Waals surface area contributed by atoms with Crippen molar-refractivity contribution in [2.75, 3.05) is 0 Å². The van der Waals surface area contributed by atoms with E-state index in [-0.39, 0.29) is 17.8 Å². The van der Waals surface area contributed by atoms with Crippen LogP contribution in [0.1, 0.15) is 16.8 Å². The van der Waals surface area contributed by atoms with Crippen molar-refractivity contribution < 1.29 is 13.6 Å². The lowest BCUT2D eigenvalue weighted by Gasteiger charge is -2.20. The monoisotopic (exact) mass is 298 g/mol. The van der Waals surface area contributed by atoms with Gasteiger partial charge in [-0.2, -0.15) is 0 Å². The number of Topliss-reactive ketones (excluding diaryl/α,β-unsaturated/α-hetero) is 1. The summed E-state index contributed by atoms with van der Waals surface area (Å²) in [6, 6.07) is 8.53. The molecule has 0 heterocycles. The highest BCUT2D eigenvalue weighted by atomic mass is 79.9. The van der Waals surface area contributed by atoms with E-state index in [0.29, 0.717) is 5.56 Å². The average molecular weight is 299 g/mol. The summed E-state index contributed by atoms with van der Waals surface area (Å²) >= 11 is 2.64. The highest BCUT2D eigenvalue weighted by Crippen LogP contribution is 2.40. The predicted molar refractivity (Wildman–Crippen MR) is 65.4 cm³/mol. The Labute approximate surface area is 106 Å². The number of carbonyl (C=O) groups excluding carboxylic acids is 1. The molecule has 0 spiro atoms. The van der Waals surface area contributed by atoms with E-state index in [0.717, 1.165) is 6.08 Å². The molecule has 0 aliphatic heterocycles. The summed E-state index contributed by atoms with van der Waals surface area (Å²) in [5.74, 6) is -1.20. The second-order valence-electron chi connectivity index (χ2n) is 3.78. The highest BCUT2D eigenvalue weighted by molar-refractivity contribution is 9.10. The van der Waals surface area contributed by atoms with Gasteiger partial charge in [0.2, 0.25) is 4.58 Å². The summed E-state index contributed by atoms with van der Waals surface area (Å²) < 4.78 is 24.5. The maximum absolute atomic E-state index is 13.7. The zero-order valence-corrected chi connectivity index (χ0v) is 10.4. The molecule has 1 nitrogen and oxygen atoms in total. The van der Waals surface area contributed by atoms with Crippen molar-refractivity contribution in [1.29, 1.82) is 0 Å². The second kappa shape index (κ2) is 4.53. The number of halogens is 3. The summed E-state index contributed by atoms with van der Waals surface area (Å²) in [6.07, 6.45) is 2.00. The molecule has 1 aromatic rings. The van der Waals surface area contributed by atoms with Crippen LogP contribution in [0, 0.1) is 0 Å². The number of benzene rings is 1. The van der Waals surface area contributed by atoms with Gasteiger partial charge < -0.3 is 0 Å². The van der Waals surface area contributed by atoms with Gasteiger partial charge in [0.05, 0.1) is 0 Å². The fraction of sp³-hybridized carbons (Fsp3) is 0.154. The molecule has 1 aliphatic rings. The van der Waals surface area contributed by atoms with Crippen LogP contribution in [-0.4, -0.2) is 10.4 Å². The summed E-state index contributed by atoms with van der Waals surface area (Å²) in [4.78, 5) is 12.0. The Morgan fingerprint density at radius 3 is 2.47 bits per heavy atom. The first-order chi connectivity index (χ1) is 8.00. The van der Waals surface area contributed by atoms with E-state index in [1.54, 1.807) is 30.3 Å². The third-order valence-corrected chi connectivity index (χ3v) is 3.18. The van der Waals surface area contributed by atoms with Crippen molar-refractivity contribution in [3.05, 3.63) is 59.4 Å². The Morgan fingerprint density at radius 2 is 1.88 bits per heavy atom. The van der Waals surface area contributed by atoms with Gasteiger partial charge in [0.15, 0.2) is 5.78 Å². The Morgan fingerprint density at radius 1 is 1.24 bits per heavy atom. The van der Waals surface area contributed by atoms with Gasteiger partial charge in [-0.3, -0.25) is 4.79 Å². The number of hydrogen-bond donors (Lipinski definition) is 0. The minimum atomic E-state index is -2.26. The van der Waals surface area contributed by atoms with Gasteiger partial charge >= 0.3 is 0 Å². The first-order valence-electron chi connectivity index (χ1n) is 5.05. The van der Waals surface area contributed by atoms with Crippen molar-refractivity contribution in [1.82, 2.24) is 0 Å². The number of carbonyl (C=O) groups is 1. The van der Waals surface area contributed by atoms with E-state index in [2.05, 4.69) is 15.9 Å². The molecule has 0 N–H and O–H groups in total. The number of hydrogen-bond acceptors (Lipinski definition) is 1. The molecule has 1 aromatic carbocycles. The van der Waals surface area contributed by atoms with Crippen LogP contribution in [-0.2, 0) is 0 Å². The van der Waals surface area contributed by atoms with E-state index in [4.69, 9.17) is 0 Å². The standard InChI is InChI=1S/C13H9BrF2O/c14-13(16)8-10(6-7-11(13)15)12(17)9-4-2-1-3-5-9/h1-7H,8H2. The van der Waals surface area contributed by atoms with Crippen molar-refractivity contribution in [3.63, 3.8) is 0 Å². The molecule has 0 amide bonds. The topological polar surface area (TPSA) is 17.1 Å². The molecule has 4 heteroatoms. The maximum atomic E-state index is 13.7. The van der Waals surface area contributed by atoms with E-state index >= 15 is 0 Å². The SMILES string of the molecule is O=C(C1=CC=C(F)C(F)(Br)C1)c1ccccc1. The van der Waals surface area contributed by atoms with Crippen LogP contribution in [0.2, 0.25) is 0 Å². The van der Waals surface area contributed by atoms with Gasteiger partial charge in [0.25, 0.3) is 0 Å². The maximum Gasteiger partial charge on any atom is 0.220 e. The molecule has 0 radical (unpaired) electrons. The summed E-state index contributed by atoms with van der Waals surface area (Å²) in [6.45, 7) is 0. The third kappa shape index (κ3) is 2.52. The summed E-state index contributed by atoms with van der Waals surface area (Å²) in [7, 11) is 0. The Kier molecular flexibility index (Phi) is 3.24. The van der Waals surface area contributed by atoms with Gasteiger partial charge in [-0.15, -0.1) is 0 Å². The zero-order chi connectivity index (χ0) is 12.5. The van der Waals surface area contributed by atoms with Crippen molar-refractivity contribution in [3.8, 4) is 0 Å². The molecular weight excluding hydrogens is 290 g/mol. The lowest BCUT2D eigenvalue weighted by atomic mass is 9.95. The van der Waals surface area contributed by atoms with Crippen LogP contribution < -0.4 is 0 Å². The first kappa shape index (κ1) is 12.2. The van der Waals surface area contributed by atoms with Gasteiger partial charge in [0, 0.05) is 17.6 Å². The predicted octanol–water partition coefficient (Wildman–Crippen LogP) is 4.11. The van der Waals surface area contributed by atoms with E-state index in [1.165, 1.54) is 6.08 Å². The number of allylic oxidation sites excluding steroid dienone is 4. The van der Waals surface area contributed by atoms with Crippen molar-refractivity contribution >= 4 is 21.7 Å². The quantitative estimate of drug-likeness (QED) is 0.593. The summed E-state index contributed by atoms with van der Waals surface area (Å²) in [5.41, 5.74) is 0.717. The molecule has 0 saturated carbocycles. The molecule has 88 valence electrons. The van der Waals surface area contributed by atoms with Crippen LogP contribution >= 0.6 is 15.9 Å². The lowest BCUT2D eigenvalue weighted by molar-refractivity contribution is 0.102. The Balaban J connectivity index is 2.29. The van der Waals surface area contributed by atoms with Crippen LogP contribution in [0.5, 0.6) is 0 Å². The van der Waals surface area contributed by atoms with Gasteiger partial charge in [-0.05, 0) is 22.0 Å². The Hall–Kier alpha value is -1.29. The molecular formula is C13H9BrF2O. The van der Waals surface area contributed by atoms with Crippen molar-refractivity contribution in [2.24, 2.45) is 0 Å². The highest BCUT2D eigenvalue weighted by Gasteiger charge is 2.36. The lowest BCUT2D eigenvalue weighted by Crippen LogP contribution is -2.21. The molecule has 17 heavy (non-hydrogen) atoms. The molecule has 1 atom stereocenters. The molecule has 1 unspecified atom stereocenters. The van der Waals surface area contributed by atoms with Crippen LogP contribution in [0.15, 0.2) is 53.9 Å². The average Bonchev–Trinajstić information content (AvgIpc) is 2.33.